The van der Waals surface area contributed by atoms with Crippen molar-refractivity contribution in [1.29, 1.82) is 0 Å². The van der Waals surface area contributed by atoms with Gasteiger partial charge in [-0.25, -0.2) is 4.98 Å². The molecule has 4 nitrogen and oxygen atoms in total. The first-order valence-corrected chi connectivity index (χ1v) is 6.03. The van der Waals surface area contributed by atoms with E-state index < -0.39 is 0 Å². The third-order valence-corrected chi connectivity index (χ3v) is 3.35. The zero-order chi connectivity index (χ0) is 11.5. The molecular formula is C12H20N4. The van der Waals surface area contributed by atoms with Gasteiger partial charge in [-0.2, -0.15) is 4.98 Å². The van der Waals surface area contributed by atoms with Crippen molar-refractivity contribution in [1.82, 2.24) is 9.97 Å². The molecule has 1 unspecified atom stereocenters. The lowest BCUT2D eigenvalue weighted by atomic mass is 10.00. The minimum atomic E-state index is 0.348. The molecule has 1 fully saturated rings. The Kier molecular flexibility index (Phi) is 3.27. The van der Waals surface area contributed by atoms with Gasteiger partial charge in [0.2, 0.25) is 5.95 Å². The molecule has 3 N–H and O–H groups in total. The van der Waals surface area contributed by atoms with Gasteiger partial charge in [-0.3, -0.25) is 0 Å². The maximum Gasteiger partial charge on any atom is 0.222 e. The summed E-state index contributed by atoms with van der Waals surface area (Å²) in [4.78, 5) is 8.27. The summed E-state index contributed by atoms with van der Waals surface area (Å²) in [5.74, 6) is 1.97. The van der Waals surface area contributed by atoms with Gasteiger partial charge in [-0.15, -0.1) is 0 Å². The van der Waals surface area contributed by atoms with Crippen molar-refractivity contribution < 1.29 is 0 Å². The van der Waals surface area contributed by atoms with Gasteiger partial charge in [0.1, 0.15) is 5.82 Å². The van der Waals surface area contributed by atoms with Crippen molar-refractivity contribution >= 4 is 11.8 Å². The van der Waals surface area contributed by atoms with E-state index in [0.29, 0.717) is 12.0 Å². The van der Waals surface area contributed by atoms with Gasteiger partial charge in [-0.1, -0.05) is 12.8 Å². The summed E-state index contributed by atoms with van der Waals surface area (Å²) in [6.07, 6.45) is 5.38. The number of nitrogens with one attached hydrogen (secondary N) is 1. The van der Waals surface area contributed by atoms with Crippen LogP contribution in [0.4, 0.5) is 11.8 Å². The SMILES string of the molecule is Cc1cc(NC(C)C2CCCC2)nc(N)n1. The third kappa shape index (κ3) is 2.62. The number of rotatable bonds is 3. The smallest absolute Gasteiger partial charge is 0.222 e. The highest BCUT2D eigenvalue weighted by molar-refractivity contribution is 5.41. The fraction of sp³-hybridized carbons (Fsp3) is 0.667. The van der Waals surface area contributed by atoms with Gasteiger partial charge >= 0.3 is 0 Å². The third-order valence-electron chi connectivity index (χ3n) is 3.35. The molecule has 1 heterocycles. The molecule has 0 aromatic carbocycles. The molecule has 4 heteroatoms. The molecule has 0 radical (unpaired) electrons. The normalized spacial score (nSPS) is 18.6. The highest BCUT2D eigenvalue weighted by atomic mass is 15.1. The highest BCUT2D eigenvalue weighted by Crippen LogP contribution is 2.28. The molecule has 0 saturated heterocycles. The molecule has 1 saturated carbocycles. The number of nitrogen functional groups attached to an aromatic ring is 1. The molecule has 0 amide bonds. The number of hydrogen-bond acceptors (Lipinski definition) is 4. The van der Waals surface area contributed by atoms with Crippen LogP contribution in [0, 0.1) is 12.8 Å². The zero-order valence-corrected chi connectivity index (χ0v) is 10.0. The fourth-order valence-electron chi connectivity index (χ4n) is 2.47. The minimum absolute atomic E-state index is 0.348. The van der Waals surface area contributed by atoms with Crippen molar-refractivity contribution in [2.75, 3.05) is 11.1 Å². The first-order valence-electron chi connectivity index (χ1n) is 6.03. The number of anilines is 2. The van der Waals surface area contributed by atoms with E-state index in [1.807, 2.05) is 13.0 Å². The number of aromatic nitrogens is 2. The number of nitrogens with zero attached hydrogens (tertiary/aromatic N) is 2. The number of hydrogen-bond donors (Lipinski definition) is 2. The van der Waals surface area contributed by atoms with Crippen molar-refractivity contribution in [2.45, 2.75) is 45.6 Å². The fourth-order valence-corrected chi connectivity index (χ4v) is 2.47. The Morgan fingerprint density at radius 2 is 2.06 bits per heavy atom. The number of nitrogens with two attached hydrogens (primary N) is 1. The van der Waals surface area contributed by atoms with Crippen molar-refractivity contribution in [3.63, 3.8) is 0 Å². The summed E-state index contributed by atoms with van der Waals surface area (Å²) in [5.41, 5.74) is 6.54. The van der Waals surface area contributed by atoms with Crippen LogP contribution in [0.2, 0.25) is 0 Å². The van der Waals surface area contributed by atoms with E-state index in [4.69, 9.17) is 5.73 Å². The maximum atomic E-state index is 5.63. The summed E-state index contributed by atoms with van der Waals surface area (Å²) >= 11 is 0. The molecule has 1 atom stereocenters. The van der Waals surface area contributed by atoms with Crippen LogP contribution in [-0.4, -0.2) is 16.0 Å². The Bertz CT molecular complexity index is 338. The van der Waals surface area contributed by atoms with Crippen LogP contribution >= 0.6 is 0 Å². The highest BCUT2D eigenvalue weighted by Gasteiger charge is 2.21. The molecule has 1 aromatic rings. The monoisotopic (exact) mass is 220 g/mol. The second kappa shape index (κ2) is 4.68. The Labute approximate surface area is 96.7 Å². The van der Waals surface area contributed by atoms with Crippen LogP contribution in [0.25, 0.3) is 0 Å². The predicted octanol–water partition coefficient (Wildman–Crippen LogP) is 2.36. The minimum Gasteiger partial charge on any atom is -0.368 e. The van der Waals surface area contributed by atoms with Gasteiger partial charge < -0.3 is 11.1 Å². The van der Waals surface area contributed by atoms with Crippen molar-refractivity contribution in [3.8, 4) is 0 Å². The maximum absolute atomic E-state index is 5.63. The summed E-state index contributed by atoms with van der Waals surface area (Å²) in [6.45, 7) is 4.16. The average Bonchev–Trinajstić information content (AvgIpc) is 2.68. The average molecular weight is 220 g/mol. The molecule has 1 aliphatic rings. The summed E-state index contributed by atoms with van der Waals surface area (Å²) in [6, 6.07) is 2.41. The van der Waals surface area contributed by atoms with E-state index >= 15 is 0 Å². The van der Waals surface area contributed by atoms with Crippen LogP contribution in [0.15, 0.2) is 6.07 Å². The summed E-state index contributed by atoms with van der Waals surface area (Å²) < 4.78 is 0. The summed E-state index contributed by atoms with van der Waals surface area (Å²) in [5, 5.41) is 3.43. The molecule has 0 aliphatic heterocycles. The quantitative estimate of drug-likeness (QED) is 0.820. The Hall–Kier alpha value is -1.32. The van der Waals surface area contributed by atoms with E-state index in [9.17, 15) is 0 Å². The Balaban J connectivity index is 2.02. The van der Waals surface area contributed by atoms with E-state index in [-0.39, 0.29) is 0 Å². The molecule has 0 spiro atoms. The van der Waals surface area contributed by atoms with Crippen LogP contribution < -0.4 is 11.1 Å². The lowest BCUT2D eigenvalue weighted by Gasteiger charge is -2.21. The molecule has 16 heavy (non-hydrogen) atoms. The van der Waals surface area contributed by atoms with Crippen molar-refractivity contribution in [3.05, 3.63) is 11.8 Å². The first-order chi connectivity index (χ1) is 7.65. The lowest BCUT2D eigenvalue weighted by molar-refractivity contribution is 0.481. The topological polar surface area (TPSA) is 63.8 Å². The molecule has 2 rings (SSSR count). The lowest BCUT2D eigenvalue weighted by Crippen LogP contribution is -2.24. The van der Waals surface area contributed by atoms with Crippen LogP contribution in [0.5, 0.6) is 0 Å². The van der Waals surface area contributed by atoms with Gasteiger partial charge in [-0.05, 0) is 32.6 Å². The number of aryl methyl sites for hydroxylation is 1. The van der Waals surface area contributed by atoms with Gasteiger partial charge in [0.25, 0.3) is 0 Å². The van der Waals surface area contributed by atoms with E-state index in [0.717, 1.165) is 17.4 Å². The van der Waals surface area contributed by atoms with Gasteiger partial charge in [0.15, 0.2) is 0 Å². The van der Waals surface area contributed by atoms with Gasteiger partial charge in [0, 0.05) is 17.8 Å². The van der Waals surface area contributed by atoms with E-state index in [1.165, 1.54) is 25.7 Å². The largest absolute Gasteiger partial charge is 0.368 e. The Morgan fingerprint density at radius 3 is 2.69 bits per heavy atom. The first kappa shape index (κ1) is 11.2. The van der Waals surface area contributed by atoms with E-state index in [2.05, 4.69) is 22.2 Å². The second-order valence-corrected chi connectivity index (χ2v) is 4.73. The summed E-state index contributed by atoms with van der Waals surface area (Å²) in [7, 11) is 0. The molecule has 88 valence electrons. The molecular weight excluding hydrogens is 200 g/mol. The Morgan fingerprint density at radius 1 is 1.38 bits per heavy atom. The molecule has 0 bridgehead atoms. The predicted molar refractivity (Wildman–Crippen MR) is 66.2 cm³/mol. The second-order valence-electron chi connectivity index (χ2n) is 4.73. The molecule has 1 aliphatic carbocycles. The van der Waals surface area contributed by atoms with Crippen LogP contribution in [0.3, 0.4) is 0 Å². The van der Waals surface area contributed by atoms with Crippen LogP contribution in [-0.2, 0) is 0 Å². The van der Waals surface area contributed by atoms with E-state index in [1.54, 1.807) is 0 Å². The van der Waals surface area contributed by atoms with Crippen LogP contribution in [0.1, 0.15) is 38.3 Å². The zero-order valence-electron chi connectivity index (χ0n) is 10.0. The molecule has 1 aromatic heterocycles. The van der Waals surface area contributed by atoms with Crippen molar-refractivity contribution in [2.24, 2.45) is 5.92 Å². The standard InChI is InChI=1S/C12H20N4/c1-8-7-11(16-12(13)14-8)15-9(2)10-5-3-4-6-10/h7,9-10H,3-6H2,1-2H3,(H3,13,14,15,16). The van der Waals surface area contributed by atoms with Gasteiger partial charge in [0.05, 0.1) is 0 Å².